The number of aliphatic hydroxyl groups is 1. The fourth-order valence-corrected chi connectivity index (χ4v) is 5.75. The number of oxazole rings is 1. The van der Waals surface area contributed by atoms with E-state index >= 15 is 0 Å². The number of nitrogens with zero attached hydrogens (tertiary/aromatic N) is 5. The van der Waals surface area contributed by atoms with E-state index in [2.05, 4.69) is 26.2 Å². The van der Waals surface area contributed by atoms with Gasteiger partial charge in [-0.05, 0) is 61.2 Å². The van der Waals surface area contributed by atoms with Crippen LogP contribution in [-0.4, -0.2) is 57.0 Å². The number of anilines is 1. The quantitative estimate of drug-likeness (QED) is 0.295. The van der Waals surface area contributed by atoms with E-state index in [9.17, 15) is 14.3 Å². The van der Waals surface area contributed by atoms with Crippen molar-refractivity contribution < 1.29 is 18.7 Å². The average Bonchev–Trinajstić information content (AvgIpc) is 3.53. The Bertz CT molecular complexity index is 1570. The van der Waals surface area contributed by atoms with Gasteiger partial charge in [0.25, 0.3) is 0 Å². The first-order chi connectivity index (χ1) is 19.3. The monoisotopic (exact) mass is 565 g/mol. The Balaban J connectivity index is 1.16. The fraction of sp³-hybridized carbons (Fsp3) is 0.414. The molecule has 0 radical (unpaired) electrons. The lowest BCUT2D eigenvalue weighted by molar-refractivity contribution is 0.242. The summed E-state index contributed by atoms with van der Waals surface area (Å²) >= 11 is 1.75. The number of aryl methyl sites for hydroxylation is 1. The normalized spacial score (nSPS) is 16.9. The van der Waals surface area contributed by atoms with Gasteiger partial charge in [-0.1, -0.05) is 24.9 Å². The predicted molar refractivity (Wildman–Crippen MR) is 152 cm³/mol. The van der Waals surface area contributed by atoms with Crippen molar-refractivity contribution in [2.75, 3.05) is 37.7 Å². The zero-order valence-corrected chi connectivity index (χ0v) is 23.4. The number of aromatic nitrogens is 3. The summed E-state index contributed by atoms with van der Waals surface area (Å²) in [5, 5.41) is 13.7. The van der Waals surface area contributed by atoms with Crippen LogP contribution in [0, 0.1) is 18.2 Å². The summed E-state index contributed by atoms with van der Waals surface area (Å²) in [4.78, 5) is 20.0. The van der Waals surface area contributed by atoms with Crippen LogP contribution in [0.1, 0.15) is 36.8 Å². The van der Waals surface area contributed by atoms with E-state index in [1.165, 1.54) is 16.8 Å². The highest BCUT2D eigenvalue weighted by molar-refractivity contribution is 7.96. The second kappa shape index (κ2) is 10.9. The van der Waals surface area contributed by atoms with Crippen molar-refractivity contribution in [3.63, 3.8) is 0 Å². The molecule has 0 bridgehead atoms. The third kappa shape index (κ3) is 5.72. The van der Waals surface area contributed by atoms with E-state index in [1.54, 1.807) is 31.1 Å². The molecule has 6 rings (SSSR count). The minimum absolute atomic E-state index is 0.0942. The predicted octanol–water partition coefficient (Wildman–Crippen LogP) is 4.46. The van der Waals surface area contributed by atoms with E-state index in [0.717, 1.165) is 42.8 Å². The number of hydrogen-bond donors (Lipinski definition) is 1. The number of halogens is 1. The Hall–Kier alpha value is -3.41. The van der Waals surface area contributed by atoms with Crippen LogP contribution in [0.3, 0.4) is 0 Å². The van der Waals surface area contributed by atoms with E-state index in [-0.39, 0.29) is 23.3 Å². The van der Waals surface area contributed by atoms with Gasteiger partial charge in [-0.3, -0.25) is 4.79 Å². The summed E-state index contributed by atoms with van der Waals surface area (Å²) < 4.78 is 29.4. The molecule has 3 heterocycles. The molecule has 9 nitrogen and oxygen atoms in total. The van der Waals surface area contributed by atoms with Crippen molar-refractivity contribution in [1.82, 2.24) is 19.1 Å². The Labute approximate surface area is 235 Å². The molecule has 11 heteroatoms. The highest BCUT2D eigenvalue weighted by Gasteiger charge is 2.39. The highest BCUT2D eigenvalue weighted by Crippen LogP contribution is 2.45. The standard InChI is InChI=1S/C29H32FN5O4S/c1-19-11-21(30)14-22(12-19)35-28(37)27(38-18-29(2)5-6-29)24(15-31-35)33-7-9-34(10-8-33)40-17-20-3-4-23-25(13-20)39-26(16-36)32-23/h3-4,11-15,36H,5-10,16-18H2,1-2H3. The zero-order valence-electron chi connectivity index (χ0n) is 22.6. The van der Waals surface area contributed by atoms with Gasteiger partial charge in [0.2, 0.25) is 11.6 Å². The highest BCUT2D eigenvalue weighted by atomic mass is 32.2. The topological polar surface area (TPSA) is 96.9 Å². The van der Waals surface area contributed by atoms with Gasteiger partial charge in [0.1, 0.15) is 23.6 Å². The van der Waals surface area contributed by atoms with Gasteiger partial charge in [-0.2, -0.15) is 9.78 Å². The Morgan fingerprint density at radius 2 is 1.95 bits per heavy atom. The van der Waals surface area contributed by atoms with Crippen LogP contribution < -0.4 is 15.2 Å². The third-order valence-electron chi connectivity index (χ3n) is 7.48. The number of fused-ring (bicyclic) bond motifs is 1. The molecule has 2 aliphatic rings. The first-order valence-corrected chi connectivity index (χ1v) is 14.4. The molecule has 0 amide bonds. The fourth-order valence-electron chi connectivity index (χ4n) is 4.82. The lowest BCUT2D eigenvalue weighted by Crippen LogP contribution is -2.44. The average molecular weight is 566 g/mol. The molecule has 40 heavy (non-hydrogen) atoms. The summed E-state index contributed by atoms with van der Waals surface area (Å²) in [6.07, 6.45) is 3.82. The van der Waals surface area contributed by atoms with Crippen molar-refractivity contribution in [3.8, 4) is 11.4 Å². The summed E-state index contributed by atoms with van der Waals surface area (Å²) in [6.45, 7) is 7.22. The molecular weight excluding hydrogens is 533 g/mol. The minimum Gasteiger partial charge on any atom is -0.486 e. The molecule has 0 unspecified atom stereocenters. The van der Waals surface area contributed by atoms with Crippen LogP contribution in [-0.2, 0) is 12.4 Å². The molecule has 2 aromatic heterocycles. The summed E-state index contributed by atoms with van der Waals surface area (Å²) in [5.41, 5.74) is 4.02. The van der Waals surface area contributed by atoms with Gasteiger partial charge >= 0.3 is 5.56 Å². The summed E-state index contributed by atoms with van der Waals surface area (Å²) in [6, 6.07) is 10.4. The van der Waals surface area contributed by atoms with E-state index in [0.29, 0.717) is 48.1 Å². The number of hydrogen-bond acceptors (Lipinski definition) is 9. The molecule has 0 spiro atoms. The van der Waals surface area contributed by atoms with E-state index in [4.69, 9.17) is 9.15 Å². The van der Waals surface area contributed by atoms with Crippen molar-refractivity contribution >= 4 is 28.7 Å². The molecule has 1 saturated carbocycles. The van der Waals surface area contributed by atoms with Gasteiger partial charge in [0.05, 0.1) is 18.5 Å². The Kier molecular flexibility index (Phi) is 7.28. The van der Waals surface area contributed by atoms with Crippen molar-refractivity contribution in [2.24, 2.45) is 5.41 Å². The molecule has 210 valence electrons. The number of piperazine rings is 1. The van der Waals surface area contributed by atoms with Crippen LogP contribution in [0.4, 0.5) is 10.1 Å². The summed E-state index contributed by atoms with van der Waals surface area (Å²) in [5.74, 6) is 0.959. The van der Waals surface area contributed by atoms with Gasteiger partial charge in [-0.15, -0.1) is 0 Å². The van der Waals surface area contributed by atoms with Gasteiger partial charge < -0.3 is 19.2 Å². The first-order valence-electron chi connectivity index (χ1n) is 13.4. The zero-order chi connectivity index (χ0) is 27.9. The third-order valence-corrected chi connectivity index (χ3v) is 8.67. The molecule has 2 aromatic carbocycles. The van der Waals surface area contributed by atoms with E-state index < -0.39 is 5.82 Å². The van der Waals surface area contributed by atoms with Crippen LogP contribution in [0.15, 0.2) is 51.8 Å². The van der Waals surface area contributed by atoms with Crippen molar-refractivity contribution in [1.29, 1.82) is 0 Å². The van der Waals surface area contributed by atoms with Crippen LogP contribution >= 0.6 is 11.9 Å². The second-order valence-corrected chi connectivity index (χ2v) is 12.0. The number of aliphatic hydroxyl groups excluding tert-OH is 1. The van der Waals surface area contributed by atoms with Gasteiger partial charge in [0, 0.05) is 37.3 Å². The second-order valence-electron chi connectivity index (χ2n) is 10.9. The largest absolute Gasteiger partial charge is 0.486 e. The maximum atomic E-state index is 14.1. The Morgan fingerprint density at radius 3 is 2.67 bits per heavy atom. The molecule has 1 aliphatic heterocycles. The van der Waals surface area contributed by atoms with Crippen molar-refractivity contribution in [3.05, 3.63) is 75.8 Å². The molecule has 1 N–H and O–H groups in total. The molecule has 2 fully saturated rings. The minimum atomic E-state index is -0.412. The molecule has 1 aliphatic carbocycles. The molecule has 0 atom stereocenters. The van der Waals surface area contributed by atoms with E-state index in [1.807, 2.05) is 18.2 Å². The maximum absolute atomic E-state index is 14.1. The van der Waals surface area contributed by atoms with Crippen LogP contribution in [0.25, 0.3) is 16.8 Å². The van der Waals surface area contributed by atoms with Crippen LogP contribution in [0.2, 0.25) is 0 Å². The number of rotatable bonds is 9. The first kappa shape index (κ1) is 26.8. The smallest absolute Gasteiger partial charge is 0.316 e. The van der Waals surface area contributed by atoms with Gasteiger partial charge in [-0.25, -0.2) is 13.7 Å². The van der Waals surface area contributed by atoms with Crippen LogP contribution in [0.5, 0.6) is 5.75 Å². The maximum Gasteiger partial charge on any atom is 0.316 e. The lowest BCUT2D eigenvalue weighted by atomic mass is 10.2. The lowest BCUT2D eigenvalue weighted by Gasteiger charge is -2.35. The molecule has 1 saturated heterocycles. The number of ether oxygens (including phenoxy) is 1. The molecule has 4 aromatic rings. The van der Waals surface area contributed by atoms with Gasteiger partial charge in [0.15, 0.2) is 5.58 Å². The molecular formula is C29H32FN5O4S. The van der Waals surface area contributed by atoms with Crippen molar-refractivity contribution in [2.45, 2.75) is 39.0 Å². The Morgan fingerprint density at radius 1 is 1.15 bits per heavy atom. The SMILES string of the molecule is Cc1cc(F)cc(-n2ncc(N3CCN(SCc4ccc5nc(CO)oc5c4)CC3)c(OCC3(C)CC3)c2=O)c1. The summed E-state index contributed by atoms with van der Waals surface area (Å²) in [7, 11) is 0. The number of benzene rings is 2.